The molecule has 0 radical (unpaired) electrons. The van der Waals surface area contributed by atoms with E-state index >= 15 is 0 Å². The Morgan fingerprint density at radius 1 is 1.28 bits per heavy atom. The van der Waals surface area contributed by atoms with Gasteiger partial charge in [0.05, 0.1) is 5.69 Å². The Kier molecular flexibility index (Phi) is 4.37. The molecule has 4 N–H and O–H groups in total. The van der Waals surface area contributed by atoms with E-state index in [1.165, 1.54) is 0 Å². The average molecular weight is 271 g/mol. The molecule has 1 rings (SSSR count). The fraction of sp³-hybridized carbons (Fsp3) is 0.500. The fourth-order valence-electron chi connectivity index (χ4n) is 1.47. The Balaban J connectivity index is 2.88. The van der Waals surface area contributed by atoms with Crippen molar-refractivity contribution in [1.29, 1.82) is 0 Å². The molecular formula is C12H21N3O2S. The molecule has 102 valence electrons. The van der Waals surface area contributed by atoms with Gasteiger partial charge >= 0.3 is 0 Å². The third kappa shape index (κ3) is 5.03. The van der Waals surface area contributed by atoms with Crippen LogP contribution < -0.4 is 15.2 Å². The normalized spacial score (nSPS) is 14.3. The van der Waals surface area contributed by atoms with Gasteiger partial charge in [0.1, 0.15) is 0 Å². The van der Waals surface area contributed by atoms with Crippen molar-refractivity contribution < 1.29 is 8.42 Å². The van der Waals surface area contributed by atoms with E-state index in [2.05, 4.69) is 9.44 Å². The molecule has 0 fully saturated rings. The van der Waals surface area contributed by atoms with Gasteiger partial charge in [-0.1, -0.05) is 12.1 Å². The van der Waals surface area contributed by atoms with E-state index in [1.807, 2.05) is 13.0 Å². The van der Waals surface area contributed by atoms with Crippen LogP contribution in [0, 0.1) is 0 Å². The van der Waals surface area contributed by atoms with Crippen LogP contribution in [0.2, 0.25) is 0 Å². The molecule has 0 saturated carbocycles. The summed E-state index contributed by atoms with van der Waals surface area (Å²) in [6.45, 7) is 7.20. The molecule has 0 aromatic heterocycles. The number of anilines is 1. The number of nitrogens with one attached hydrogen (secondary N) is 2. The topological polar surface area (TPSA) is 84.2 Å². The van der Waals surface area contributed by atoms with Crippen LogP contribution in [0.15, 0.2) is 24.3 Å². The van der Waals surface area contributed by atoms with Crippen molar-refractivity contribution in [1.82, 2.24) is 4.72 Å². The number of hydrogen-bond donors (Lipinski definition) is 3. The maximum atomic E-state index is 11.8. The van der Waals surface area contributed by atoms with E-state index in [4.69, 9.17) is 5.73 Å². The van der Waals surface area contributed by atoms with Crippen LogP contribution in [-0.4, -0.2) is 14.0 Å². The van der Waals surface area contributed by atoms with E-state index in [1.54, 1.807) is 39.0 Å². The van der Waals surface area contributed by atoms with Gasteiger partial charge < -0.3 is 5.73 Å². The molecule has 0 heterocycles. The first-order valence-corrected chi connectivity index (χ1v) is 7.25. The van der Waals surface area contributed by atoms with Gasteiger partial charge in [-0.15, -0.1) is 0 Å². The summed E-state index contributed by atoms with van der Waals surface area (Å²) in [5.41, 5.74) is 6.61. The molecule has 5 nitrogen and oxygen atoms in total. The summed E-state index contributed by atoms with van der Waals surface area (Å²) in [5.74, 6) is 0. The summed E-state index contributed by atoms with van der Waals surface area (Å²) in [6.07, 6.45) is 0. The molecule has 1 atom stereocenters. The molecule has 0 aliphatic carbocycles. The predicted molar refractivity (Wildman–Crippen MR) is 74.5 cm³/mol. The predicted octanol–water partition coefficient (Wildman–Crippen LogP) is 1.75. The van der Waals surface area contributed by atoms with E-state index in [0.717, 1.165) is 5.56 Å². The maximum absolute atomic E-state index is 11.8. The van der Waals surface area contributed by atoms with Gasteiger partial charge in [-0.05, 0) is 45.4 Å². The summed E-state index contributed by atoms with van der Waals surface area (Å²) >= 11 is 0. The maximum Gasteiger partial charge on any atom is 0.299 e. The smallest absolute Gasteiger partial charge is 0.299 e. The summed E-state index contributed by atoms with van der Waals surface area (Å²) in [7, 11) is -3.58. The Morgan fingerprint density at radius 2 is 1.89 bits per heavy atom. The lowest BCUT2D eigenvalue weighted by molar-refractivity contribution is 0.494. The van der Waals surface area contributed by atoms with Gasteiger partial charge in [0.15, 0.2) is 0 Å². The van der Waals surface area contributed by atoms with Crippen molar-refractivity contribution in [3.05, 3.63) is 29.8 Å². The zero-order chi connectivity index (χ0) is 14.0. The SMILES string of the molecule is CC(N)c1cccc(NS(=O)(=O)NC(C)(C)C)c1. The van der Waals surface area contributed by atoms with Crippen LogP contribution in [0.4, 0.5) is 5.69 Å². The van der Waals surface area contributed by atoms with Crippen molar-refractivity contribution in [2.24, 2.45) is 5.73 Å². The summed E-state index contributed by atoms with van der Waals surface area (Å²) in [6, 6.07) is 6.91. The quantitative estimate of drug-likeness (QED) is 0.780. The monoisotopic (exact) mass is 271 g/mol. The van der Waals surface area contributed by atoms with Crippen molar-refractivity contribution in [3.63, 3.8) is 0 Å². The molecule has 0 aliphatic heterocycles. The van der Waals surface area contributed by atoms with Crippen LogP contribution in [0.5, 0.6) is 0 Å². The molecule has 18 heavy (non-hydrogen) atoms. The molecule has 0 spiro atoms. The second kappa shape index (κ2) is 5.26. The van der Waals surface area contributed by atoms with Crippen LogP contribution in [0.25, 0.3) is 0 Å². The molecule has 0 aliphatic rings. The molecule has 6 heteroatoms. The van der Waals surface area contributed by atoms with Gasteiger partial charge in [-0.2, -0.15) is 13.1 Å². The lowest BCUT2D eigenvalue weighted by atomic mass is 10.1. The zero-order valence-electron chi connectivity index (χ0n) is 11.2. The number of hydrogen-bond acceptors (Lipinski definition) is 3. The highest BCUT2D eigenvalue weighted by molar-refractivity contribution is 7.90. The molecule has 1 aromatic rings. The lowest BCUT2D eigenvalue weighted by Gasteiger charge is -2.21. The van der Waals surface area contributed by atoms with Crippen LogP contribution >= 0.6 is 0 Å². The van der Waals surface area contributed by atoms with Gasteiger partial charge in [0.25, 0.3) is 10.2 Å². The fourth-order valence-corrected chi connectivity index (χ4v) is 2.76. The molecule has 1 aromatic carbocycles. The highest BCUT2D eigenvalue weighted by Crippen LogP contribution is 2.16. The van der Waals surface area contributed by atoms with E-state index in [9.17, 15) is 8.42 Å². The van der Waals surface area contributed by atoms with Crippen LogP contribution in [0.3, 0.4) is 0 Å². The Morgan fingerprint density at radius 3 is 2.39 bits per heavy atom. The Labute approximate surface area is 109 Å². The van der Waals surface area contributed by atoms with Gasteiger partial charge in [0, 0.05) is 11.6 Å². The van der Waals surface area contributed by atoms with E-state index < -0.39 is 15.7 Å². The van der Waals surface area contributed by atoms with Crippen LogP contribution in [-0.2, 0) is 10.2 Å². The van der Waals surface area contributed by atoms with Gasteiger partial charge in [-0.3, -0.25) is 4.72 Å². The minimum atomic E-state index is -3.58. The molecule has 1 unspecified atom stereocenters. The Bertz CT molecular complexity index is 504. The minimum Gasteiger partial charge on any atom is -0.324 e. The lowest BCUT2D eigenvalue weighted by Crippen LogP contribution is -2.43. The zero-order valence-corrected chi connectivity index (χ0v) is 12.0. The minimum absolute atomic E-state index is 0.134. The number of nitrogens with two attached hydrogens (primary N) is 1. The van der Waals surface area contributed by atoms with Crippen molar-refractivity contribution in [2.45, 2.75) is 39.3 Å². The average Bonchev–Trinajstić information content (AvgIpc) is 2.12. The largest absolute Gasteiger partial charge is 0.324 e. The second-order valence-corrected chi connectivity index (χ2v) is 6.79. The third-order valence-corrected chi connectivity index (χ3v) is 3.49. The van der Waals surface area contributed by atoms with Crippen LogP contribution in [0.1, 0.15) is 39.3 Å². The Hall–Kier alpha value is -1.11. The van der Waals surface area contributed by atoms with Gasteiger partial charge in [0.2, 0.25) is 0 Å². The second-order valence-electron chi connectivity index (χ2n) is 5.37. The highest BCUT2D eigenvalue weighted by atomic mass is 32.2. The summed E-state index contributed by atoms with van der Waals surface area (Å²) < 4.78 is 28.7. The third-order valence-electron chi connectivity index (χ3n) is 2.11. The standard InChI is InChI=1S/C12H21N3O2S/c1-9(13)10-6-5-7-11(8-10)14-18(16,17)15-12(2,3)4/h5-9,14-15H,13H2,1-4H3. The summed E-state index contributed by atoms with van der Waals surface area (Å²) in [5, 5.41) is 0. The highest BCUT2D eigenvalue weighted by Gasteiger charge is 2.19. The molecule has 0 saturated heterocycles. The summed E-state index contributed by atoms with van der Waals surface area (Å²) in [4.78, 5) is 0. The van der Waals surface area contributed by atoms with Gasteiger partial charge in [-0.25, -0.2) is 0 Å². The first-order chi connectivity index (χ1) is 8.09. The molecule has 0 bridgehead atoms. The van der Waals surface area contributed by atoms with E-state index in [-0.39, 0.29) is 6.04 Å². The van der Waals surface area contributed by atoms with Crippen molar-refractivity contribution in [2.75, 3.05) is 4.72 Å². The first-order valence-electron chi connectivity index (χ1n) is 5.76. The number of benzene rings is 1. The number of rotatable bonds is 4. The molecular weight excluding hydrogens is 250 g/mol. The van der Waals surface area contributed by atoms with Crippen molar-refractivity contribution in [3.8, 4) is 0 Å². The van der Waals surface area contributed by atoms with E-state index in [0.29, 0.717) is 5.69 Å². The van der Waals surface area contributed by atoms with Crippen molar-refractivity contribution >= 4 is 15.9 Å². The molecule has 0 amide bonds. The first kappa shape index (κ1) is 14.9.